The van der Waals surface area contributed by atoms with E-state index in [0.29, 0.717) is 25.7 Å². The van der Waals surface area contributed by atoms with Gasteiger partial charge in [0.25, 0.3) is 0 Å². The van der Waals surface area contributed by atoms with Gasteiger partial charge in [0.1, 0.15) is 0 Å². The maximum absolute atomic E-state index is 9.66. The van der Waals surface area contributed by atoms with Crippen molar-refractivity contribution in [3.8, 4) is 0 Å². The van der Waals surface area contributed by atoms with E-state index >= 15 is 0 Å². The van der Waals surface area contributed by atoms with Crippen LogP contribution in [0, 0.1) is 5.92 Å². The van der Waals surface area contributed by atoms with Gasteiger partial charge >= 0.3 is 0 Å². The summed E-state index contributed by atoms with van der Waals surface area (Å²) in [6, 6.07) is 0. The molecule has 17 heavy (non-hydrogen) atoms. The summed E-state index contributed by atoms with van der Waals surface area (Å²) < 4.78 is 10.9. The van der Waals surface area contributed by atoms with Crippen molar-refractivity contribution in [1.82, 2.24) is 5.32 Å². The lowest BCUT2D eigenvalue weighted by atomic mass is 10.1. The minimum absolute atomic E-state index is 0.246. The molecule has 0 aromatic heterocycles. The third-order valence-electron chi connectivity index (χ3n) is 2.92. The van der Waals surface area contributed by atoms with Crippen molar-refractivity contribution >= 4 is 0 Å². The number of nitrogens with one attached hydrogen (secondary N) is 1. The van der Waals surface area contributed by atoms with Gasteiger partial charge in [-0.1, -0.05) is 13.8 Å². The number of aliphatic hydroxyl groups excluding tert-OH is 1. The van der Waals surface area contributed by atoms with Crippen LogP contribution in [0.1, 0.15) is 33.1 Å². The van der Waals surface area contributed by atoms with E-state index in [1.165, 1.54) is 0 Å². The summed E-state index contributed by atoms with van der Waals surface area (Å²) in [7, 11) is 0. The van der Waals surface area contributed by atoms with Gasteiger partial charge in [-0.25, -0.2) is 0 Å². The lowest BCUT2D eigenvalue weighted by Crippen LogP contribution is -2.32. The monoisotopic (exact) mass is 245 g/mol. The number of aliphatic hydroxyl groups is 1. The number of ether oxygens (including phenoxy) is 2. The first-order valence-electron chi connectivity index (χ1n) is 6.76. The van der Waals surface area contributed by atoms with E-state index in [2.05, 4.69) is 19.2 Å². The first-order chi connectivity index (χ1) is 8.18. The molecule has 0 aromatic carbocycles. The third-order valence-corrected chi connectivity index (χ3v) is 2.92. The summed E-state index contributed by atoms with van der Waals surface area (Å²) in [5, 5.41) is 12.9. The van der Waals surface area contributed by atoms with Crippen LogP contribution in [-0.4, -0.2) is 50.2 Å². The van der Waals surface area contributed by atoms with Crippen LogP contribution in [0.15, 0.2) is 0 Å². The van der Waals surface area contributed by atoms with Crippen LogP contribution in [-0.2, 0) is 9.47 Å². The Bertz CT molecular complexity index is 182. The minimum atomic E-state index is -0.413. The SMILES string of the molecule is CC(C)CCNCC(O)COCC1CCCO1. The lowest BCUT2D eigenvalue weighted by Gasteiger charge is -2.15. The van der Waals surface area contributed by atoms with Crippen LogP contribution in [0.3, 0.4) is 0 Å². The maximum atomic E-state index is 9.66. The molecule has 4 nitrogen and oxygen atoms in total. The smallest absolute Gasteiger partial charge is 0.0897 e. The van der Waals surface area contributed by atoms with Crippen LogP contribution < -0.4 is 5.32 Å². The van der Waals surface area contributed by atoms with E-state index in [4.69, 9.17) is 9.47 Å². The first kappa shape index (κ1) is 14.9. The molecule has 2 unspecified atom stereocenters. The quantitative estimate of drug-likeness (QED) is 0.599. The van der Waals surface area contributed by atoms with Gasteiger partial charge in [0, 0.05) is 13.2 Å². The van der Waals surface area contributed by atoms with Crippen LogP contribution in [0.2, 0.25) is 0 Å². The zero-order valence-electron chi connectivity index (χ0n) is 11.2. The molecule has 1 rings (SSSR count). The van der Waals surface area contributed by atoms with E-state index in [0.717, 1.165) is 32.4 Å². The summed E-state index contributed by atoms with van der Waals surface area (Å²) in [6.07, 6.45) is 3.19. The number of hydrogen-bond donors (Lipinski definition) is 2. The molecule has 0 aromatic rings. The average molecular weight is 245 g/mol. The standard InChI is InChI=1S/C13H27NO3/c1-11(2)5-6-14-8-12(15)9-16-10-13-4-3-7-17-13/h11-15H,3-10H2,1-2H3. The second-order valence-corrected chi connectivity index (χ2v) is 5.21. The lowest BCUT2D eigenvalue weighted by molar-refractivity contribution is -0.0164. The predicted octanol–water partition coefficient (Wildman–Crippen LogP) is 1.18. The summed E-state index contributed by atoms with van der Waals surface area (Å²) in [5.41, 5.74) is 0. The van der Waals surface area contributed by atoms with Gasteiger partial charge in [-0.2, -0.15) is 0 Å². The van der Waals surface area contributed by atoms with Crippen molar-refractivity contribution in [2.24, 2.45) is 5.92 Å². The Balaban J connectivity index is 1.88. The Morgan fingerprint density at radius 2 is 2.29 bits per heavy atom. The van der Waals surface area contributed by atoms with Gasteiger partial charge in [0.2, 0.25) is 0 Å². The topological polar surface area (TPSA) is 50.7 Å². The molecule has 0 amide bonds. The third kappa shape index (κ3) is 7.71. The Labute approximate surface area is 105 Å². The second-order valence-electron chi connectivity index (χ2n) is 5.21. The molecule has 0 aliphatic carbocycles. The fraction of sp³-hybridized carbons (Fsp3) is 1.00. The predicted molar refractivity (Wildman–Crippen MR) is 68.1 cm³/mol. The fourth-order valence-corrected chi connectivity index (χ4v) is 1.83. The maximum Gasteiger partial charge on any atom is 0.0897 e. The zero-order valence-corrected chi connectivity index (χ0v) is 11.2. The van der Waals surface area contributed by atoms with Gasteiger partial charge in [-0.05, 0) is 31.7 Å². The molecule has 0 spiro atoms. The second kappa shape index (κ2) is 8.86. The molecule has 102 valence electrons. The van der Waals surface area contributed by atoms with E-state index in [1.54, 1.807) is 0 Å². The van der Waals surface area contributed by atoms with Crippen LogP contribution in [0.5, 0.6) is 0 Å². The largest absolute Gasteiger partial charge is 0.389 e. The van der Waals surface area contributed by atoms with E-state index in [9.17, 15) is 5.11 Å². The molecule has 1 heterocycles. The zero-order chi connectivity index (χ0) is 12.5. The molecule has 0 bridgehead atoms. The summed E-state index contributed by atoms with van der Waals surface area (Å²) >= 11 is 0. The van der Waals surface area contributed by atoms with Gasteiger partial charge in [-0.3, -0.25) is 0 Å². The van der Waals surface area contributed by atoms with Crippen molar-refractivity contribution in [3.05, 3.63) is 0 Å². The molecular weight excluding hydrogens is 218 g/mol. The summed E-state index contributed by atoms with van der Waals surface area (Å²) in [6.45, 7) is 7.83. The van der Waals surface area contributed by atoms with Crippen molar-refractivity contribution in [1.29, 1.82) is 0 Å². The van der Waals surface area contributed by atoms with Crippen molar-refractivity contribution in [2.45, 2.75) is 45.3 Å². The highest BCUT2D eigenvalue weighted by atomic mass is 16.5. The molecule has 1 aliphatic rings. The van der Waals surface area contributed by atoms with Gasteiger partial charge in [0.05, 0.1) is 25.4 Å². The highest BCUT2D eigenvalue weighted by Gasteiger charge is 2.15. The molecule has 0 saturated carbocycles. The van der Waals surface area contributed by atoms with Crippen molar-refractivity contribution in [2.75, 3.05) is 32.9 Å². The van der Waals surface area contributed by atoms with E-state index in [1.807, 2.05) is 0 Å². The Kier molecular flexibility index (Phi) is 7.77. The Morgan fingerprint density at radius 3 is 2.94 bits per heavy atom. The molecule has 2 atom stereocenters. The van der Waals surface area contributed by atoms with Gasteiger partial charge < -0.3 is 19.9 Å². The van der Waals surface area contributed by atoms with E-state index < -0.39 is 6.10 Å². The normalized spacial score (nSPS) is 22.2. The van der Waals surface area contributed by atoms with Gasteiger partial charge in [-0.15, -0.1) is 0 Å². The molecule has 1 saturated heterocycles. The van der Waals surface area contributed by atoms with Crippen molar-refractivity contribution in [3.63, 3.8) is 0 Å². The van der Waals surface area contributed by atoms with Crippen LogP contribution >= 0.6 is 0 Å². The Morgan fingerprint density at radius 1 is 1.47 bits per heavy atom. The summed E-state index contributed by atoms with van der Waals surface area (Å²) in [5.74, 6) is 0.704. The molecule has 2 N–H and O–H groups in total. The molecule has 1 fully saturated rings. The number of rotatable bonds is 9. The molecule has 1 aliphatic heterocycles. The van der Waals surface area contributed by atoms with Crippen molar-refractivity contribution < 1.29 is 14.6 Å². The van der Waals surface area contributed by atoms with Crippen LogP contribution in [0.4, 0.5) is 0 Å². The first-order valence-corrected chi connectivity index (χ1v) is 6.76. The molecule has 0 radical (unpaired) electrons. The highest BCUT2D eigenvalue weighted by Crippen LogP contribution is 2.11. The fourth-order valence-electron chi connectivity index (χ4n) is 1.83. The summed E-state index contributed by atoms with van der Waals surface area (Å²) in [4.78, 5) is 0. The number of hydrogen-bond acceptors (Lipinski definition) is 4. The Hall–Kier alpha value is -0.160. The van der Waals surface area contributed by atoms with E-state index in [-0.39, 0.29) is 6.10 Å². The highest BCUT2D eigenvalue weighted by molar-refractivity contribution is 4.65. The van der Waals surface area contributed by atoms with Gasteiger partial charge in [0.15, 0.2) is 0 Å². The van der Waals surface area contributed by atoms with Crippen LogP contribution in [0.25, 0.3) is 0 Å². The minimum Gasteiger partial charge on any atom is -0.389 e. The average Bonchev–Trinajstić information content (AvgIpc) is 2.77. The molecule has 4 heteroatoms. The molecular formula is C13H27NO3.